The van der Waals surface area contributed by atoms with Gasteiger partial charge in [-0.15, -0.1) is 0 Å². The van der Waals surface area contributed by atoms with Crippen LogP contribution in [0.5, 0.6) is 0 Å². The molecule has 38 heavy (non-hydrogen) atoms. The molecule has 206 valence electrons. The topological polar surface area (TPSA) is 190 Å². The molecular weight excluding hydrogens is 508 g/mol. The third-order valence-corrected chi connectivity index (χ3v) is 4.66. The second-order valence-electron chi connectivity index (χ2n) is 7.80. The van der Waals surface area contributed by atoms with Crippen LogP contribution >= 0.6 is 0 Å². The number of amides is 2. The highest BCUT2D eigenvalue weighted by molar-refractivity contribution is 5.87. The van der Waals surface area contributed by atoms with Gasteiger partial charge in [-0.3, -0.25) is 28.8 Å². The van der Waals surface area contributed by atoms with Gasteiger partial charge in [-0.05, 0) is 24.3 Å². The second-order valence-corrected chi connectivity index (χ2v) is 7.80. The summed E-state index contributed by atoms with van der Waals surface area (Å²) in [5.74, 6) is -5.19. The third kappa shape index (κ3) is 9.44. The molecule has 0 aliphatic heterocycles. The Morgan fingerprint density at radius 2 is 0.974 bits per heavy atom. The van der Waals surface area contributed by atoms with Crippen molar-refractivity contribution < 1.29 is 56.5 Å². The molecule has 0 aliphatic rings. The van der Waals surface area contributed by atoms with Gasteiger partial charge in [0.25, 0.3) is 11.8 Å². The second kappa shape index (κ2) is 14.2. The van der Waals surface area contributed by atoms with Crippen LogP contribution in [0.3, 0.4) is 0 Å². The van der Waals surface area contributed by atoms with Crippen molar-refractivity contribution in [2.24, 2.45) is 0 Å². The van der Waals surface area contributed by atoms with Crippen LogP contribution in [0.2, 0.25) is 0 Å². The summed E-state index contributed by atoms with van der Waals surface area (Å²) >= 11 is 0. The fourth-order valence-corrected chi connectivity index (χ4v) is 3.26. The summed E-state index contributed by atoms with van der Waals surface area (Å²) in [6.45, 7) is 3.62. The fraction of sp³-hybridized carbons (Fsp3) is 0.417. The zero-order valence-corrected chi connectivity index (χ0v) is 21.1. The number of furan rings is 2. The minimum absolute atomic E-state index is 0.147. The molecular formula is C24H28N2O12. The molecule has 14 nitrogen and oxygen atoms in total. The minimum Gasteiger partial charge on any atom is -0.467 e. The molecule has 2 aromatic heterocycles. The molecule has 2 aromatic rings. The zero-order chi connectivity index (χ0) is 28.2. The number of esters is 4. The minimum atomic E-state index is -1.94. The van der Waals surface area contributed by atoms with E-state index in [0.717, 1.165) is 27.7 Å². The van der Waals surface area contributed by atoms with Gasteiger partial charge in [0.05, 0.1) is 25.6 Å². The average Bonchev–Trinajstić information content (AvgIpc) is 3.54. The lowest BCUT2D eigenvalue weighted by Gasteiger charge is -2.34. The number of carbonyl (C=O) groups is 6. The van der Waals surface area contributed by atoms with Gasteiger partial charge in [0.1, 0.15) is 11.5 Å². The van der Waals surface area contributed by atoms with Crippen molar-refractivity contribution in [2.75, 3.05) is 0 Å². The smallest absolute Gasteiger partial charge is 0.303 e. The average molecular weight is 536 g/mol. The number of ether oxygens (including phenoxy) is 4. The molecule has 14 heteroatoms. The van der Waals surface area contributed by atoms with Gasteiger partial charge < -0.3 is 38.4 Å². The lowest BCUT2D eigenvalue weighted by atomic mass is 10.00. The van der Waals surface area contributed by atoms with Crippen LogP contribution in [-0.4, -0.2) is 60.1 Å². The van der Waals surface area contributed by atoms with Crippen LogP contribution < -0.4 is 10.6 Å². The molecule has 0 radical (unpaired) electrons. The van der Waals surface area contributed by atoms with E-state index in [1.54, 1.807) is 24.3 Å². The summed E-state index contributed by atoms with van der Waals surface area (Å²) < 4.78 is 31.0. The maximum Gasteiger partial charge on any atom is 0.303 e. The van der Waals surface area contributed by atoms with Gasteiger partial charge in [0.15, 0.2) is 12.2 Å². The Kier molecular flexibility index (Phi) is 11.1. The van der Waals surface area contributed by atoms with Gasteiger partial charge in [-0.1, -0.05) is 0 Å². The Labute approximate surface area is 216 Å². The molecule has 0 spiro atoms. The van der Waals surface area contributed by atoms with E-state index in [2.05, 4.69) is 10.6 Å². The Hall–Kier alpha value is -4.62. The molecule has 0 saturated carbocycles. The standard InChI is InChI=1S/C24H28N2O12/c1-13(27)35-19(21(37-15(3)29)23(31)25-11-17-7-5-9-33-17)20(36-14(2)28)22(38-16(4)30)24(32)26-12-18-8-6-10-34-18/h5-10,19-22H,11-12H2,1-4H3,(H,25,31)(H,26,32)/t19-,20-,21+,22+/m1/s1. The number of hydrogen-bond donors (Lipinski definition) is 2. The first-order chi connectivity index (χ1) is 18.0. The molecule has 0 aromatic carbocycles. The summed E-state index contributed by atoms with van der Waals surface area (Å²) in [6, 6.07) is 6.28. The molecule has 0 bridgehead atoms. The van der Waals surface area contributed by atoms with E-state index in [4.69, 9.17) is 27.8 Å². The Balaban J connectivity index is 2.46. The fourth-order valence-electron chi connectivity index (χ4n) is 3.26. The summed E-state index contributed by atoms with van der Waals surface area (Å²) in [6.07, 6.45) is -4.98. The van der Waals surface area contributed by atoms with Crippen molar-refractivity contribution in [3.63, 3.8) is 0 Å². The van der Waals surface area contributed by atoms with Crippen molar-refractivity contribution in [2.45, 2.75) is 65.2 Å². The normalized spacial score (nSPS) is 13.7. The molecule has 2 amide bonds. The van der Waals surface area contributed by atoms with Crippen LogP contribution in [0, 0.1) is 0 Å². The monoisotopic (exact) mass is 536 g/mol. The van der Waals surface area contributed by atoms with Gasteiger partial charge in [0.2, 0.25) is 12.2 Å². The van der Waals surface area contributed by atoms with E-state index >= 15 is 0 Å². The molecule has 4 atom stereocenters. The molecule has 0 aliphatic carbocycles. The number of carbonyl (C=O) groups excluding carboxylic acids is 6. The summed E-state index contributed by atoms with van der Waals surface area (Å²) in [5, 5.41) is 4.89. The van der Waals surface area contributed by atoms with Gasteiger partial charge in [0, 0.05) is 27.7 Å². The van der Waals surface area contributed by atoms with E-state index in [1.165, 1.54) is 12.5 Å². The molecule has 0 fully saturated rings. The lowest BCUT2D eigenvalue weighted by molar-refractivity contribution is -0.200. The predicted molar refractivity (Wildman–Crippen MR) is 123 cm³/mol. The van der Waals surface area contributed by atoms with Gasteiger partial charge in [-0.25, -0.2) is 0 Å². The van der Waals surface area contributed by atoms with E-state index in [9.17, 15) is 28.8 Å². The van der Waals surface area contributed by atoms with Crippen LogP contribution in [0.15, 0.2) is 45.6 Å². The van der Waals surface area contributed by atoms with Gasteiger partial charge in [-0.2, -0.15) is 0 Å². The van der Waals surface area contributed by atoms with E-state index in [-0.39, 0.29) is 13.1 Å². The quantitative estimate of drug-likeness (QED) is 0.267. The maximum atomic E-state index is 13.1. The zero-order valence-electron chi connectivity index (χ0n) is 21.1. The summed E-state index contributed by atoms with van der Waals surface area (Å²) in [5.41, 5.74) is 0. The van der Waals surface area contributed by atoms with E-state index < -0.39 is 60.1 Å². The van der Waals surface area contributed by atoms with Crippen molar-refractivity contribution >= 4 is 35.7 Å². The highest BCUT2D eigenvalue weighted by atomic mass is 16.6. The summed E-state index contributed by atoms with van der Waals surface area (Å²) in [4.78, 5) is 74.1. The first-order valence-electron chi connectivity index (χ1n) is 11.3. The number of rotatable bonds is 13. The van der Waals surface area contributed by atoms with Crippen molar-refractivity contribution in [3.8, 4) is 0 Å². The third-order valence-electron chi connectivity index (χ3n) is 4.66. The first kappa shape index (κ1) is 29.6. The van der Waals surface area contributed by atoms with Crippen LogP contribution in [0.4, 0.5) is 0 Å². The van der Waals surface area contributed by atoms with E-state index in [0.29, 0.717) is 11.5 Å². The van der Waals surface area contributed by atoms with Crippen molar-refractivity contribution in [3.05, 3.63) is 48.3 Å². The largest absolute Gasteiger partial charge is 0.467 e. The molecule has 2 rings (SSSR count). The first-order valence-corrected chi connectivity index (χ1v) is 11.3. The van der Waals surface area contributed by atoms with E-state index in [1.807, 2.05) is 0 Å². The maximum absolute atomic E-state index is 13.1. The molecule has 2 heterocycles. The molecule has 0 unspecified atom stereocenters. The Morgan fingerprint density at radius 1 is 0.632 bits per heavy atom. The highest BCUT2D eigenvalue weighted by Gasteiger charge is 2.49. The van der Waals surface area contributed by atoms with Crippen LogP contribution in [-0.2, 0) is 60.8 Å². The van der Waals surface area contributed by atoms with Gasteiger partial charge >= 0.3 is 23.9 Å². The Morgan fingerprint density at radius 3 is 1.24 bits per heavy atom. The van der Waals surface area contributed by atoms with Crippen LogP contribution in [0.1, 0.15) is 39.2 Å². The Bertz CT molecular complexity index is 1020. The summed E-state index contributed by atoms with van der Waals surface area (Å²) in [7, 11) is 0. The lowest BCUT2D eigenvalue weighted by Crippen LogP contribution is -2.59. The van der Waals surface area contributed by atoms with Crippen molar-refractivity contribution in [1.82, 2.24) is 10.6 Å². The molecule has 2 N–H and O–H groups in total. The number of hydrogen-bond acceptors (Lipinski definition) is 12. The van der Waals surface area contributed by atoms with Crippen LogP contribution in [0.25, 0.3) is 0 Å². The SMILES string of the molecule is CC(=O)O[C@H]([C@@H](OC(C)=O)[C@H](OC(C)=O)C(=O)NCc1ccco1)[C@H](OC(C)=O)C(=O)NCc1ccco1. The number of nitrogens with one attached hydrogen (secondary N) is 2. The predicted octanol–water partition coefficient (Wildman–Crippen LogP) is 0.532. The van der Waals surface area contributed by atoms with Crippen molar-refractivity contribution in [1.29, 1.82) is 0 Å². The highest BCUT2D eigenvalue weighted by Crippen LogP contribution is 2.21. The molecule has 0 saturated heterocycles.